The summed E-state index contributed by atoms with van der Waals surface area (Å²) in [6.07, 6.45) is 4.81. The minimum Gasteiger partial charge on any atom is -0.324 e. The second kappa shape index (κ2) is 4.62. The summed E-state index contributed by atoms with van der Waals surface area (Å²) in [5, 5.41) is 0. The van der Waals surface area contributed by atoms with E-state index in [0.29, 0.717) is 0 Å². The van der Waals surface area contributed by atoms with Gasteiger partial charge in [-0.25, -0.2) is 4.39 Å². The highest BCUT2D eigenvalue weighted by atomic mass is 79.9. The number of halogens is 2. The molecule has 2 N–H and O–H groups in total. The molecule has 0 saturated heterocycles. The van der Waals surface area contributed by atoms with Gasteiger partial charge in [-0.2, -0.15) is 0 Å². The quantitative estimate of drug-likeness (QED) is 0.886. The summed E-state index contributed by atoms with van der Waals surface area (Å²) in [6, 6.07) is 4.65. The average Bonchev–Trinajstić information content (AvgIpc) is 3.02. The lowest BCUT2D eigenvalue weighted by molar-refractivity contribution is 0.565. The SMILES string of the molecule is NC(CCC1CC1)c1cc(F)ccc1Br. The predicted molar refractivity (Wildman–Crippen MR) is 63.0 cm³/mol. The Morgan fingerprint density at radius 2 is 2.20 bits per heavy atom. The summed E-state index contributed by atoms with van der Waals surface area (Å²) < 4.78 is 14.0. The zero-order chi connectivity index (χ0) is 10.8. The molecule has 3 heteroatoms. The van der Waals surface area contributed by atoms with Gasteiger partial charge in [0.1, 0.15) is 5.82 Å². The molecule has 2 rings (SSSR count). The van der Waals surface area contributed by atoms with Crippen LogP contribution >= 0.6 is 15.9 Å². The monoisotopic (exact) mass is 271 g/mol. The molecule has 0 heterocycles. The first-order valence-electron chi connectivity index (χ1n) is 5.37. The van der Waals surface area contributed by atoms with Crippen molar-refractivity contribution in [2.45, 2.75) is 31.7 Å². The molecule has 1 atom stereocenters. The zero-order valence-corrected chi connectivity index (χ0v) is 10.1. The van der Waals surface area contributed by atoms with Crippen molar-refractivity contribution in [1.29, 1.82) is 0 Å². The van der Waals surface area contributed by atoms with Gasteiger partial charge in [0, 0.05) is 10.5 Å². The van der Waals surface area contributed by atoms with Crippen LogP contribution in [0.2, 0.25) is 0 Å². The fraction of sp³-hybridized carbons (Fsp3) is 0.500. The summed E-state index contributed by atoms with van der Waals surface area (Å²) >= 11 is 3.41. The first-order chi connectivity index (χ1) is 7.16. The van der Waals surface area contributed by atoms with E-state index < -0.39 is 0 Å². The van der Waals surface area contributed by atoms with E-state index in [0.717, 1.165) is 22.4 Å². The minimum atomic E-state index is -0.213. The molecule has 1 fully saturated rings. The van der Waals surface area contributed by atoms with Crippen LogP contribution in [0.3, 0.4) is 0 Å². The Balaban J connectivity index is 2.02. The Hall–Kier alpha value is -0.410. The lowest BCUT2D eigenvalue weighted by atomic mass is 10.0. The molecule has 1 saturated carbocycles. The largest absolute Gasteiger partial charge is 0.324 e. The second-order valence-corrected chi connectivity index (χ2v) is 5.15. The Morgan fingerprint density at radius 3 is 2.87 bits per heavy atom. The molecule has 1 aromatic rings. The summed E-state index contributed by atoms with van der Waals surface area (Å²) in [7, 11) is 0. The van der Waals surface area contributed by atoms with Gasteiger partial charge in [-0.1, -0.05) is 28.8 Å². The molecule has 0 spiro atoms. The normalized spacial score (nSPS) is 17.8. The van der Waals surface area contributed by atoms with E-state index in [9.17, 15) is 4.39 Å². The first kappa shape index (κ1) is 11.1. The smallest absolute Gasteiger partial charge is 0.123 e. The standard InChI is InChI=1S/C12H15BrFN/c13-11-5-4-9(14)7-10(11)12(15)6-3-8-1-2-8/h4-5,7-8,12H,1-3,6,15H2. The van der Waals surface area contributed by atoms with E-state index in [1.54, 1.807) is 6.07 Å². The number of rotatable bonds is 4. The Kier molecular flexibility index (Phi) is 3.42. The van der Waals surface area contributed by atoms with Crippen LogP contribution < -0.4 is 5.73 Å². The van der Waals surface area contributed by atoms with Crippen molar-refractivity contribution in [3.8, 4) is 0 Å². The molecular formula is C12H15BrFN. The lowest BCUT2D eigenvalue weighted by Crippen LogP contribution is -2.11. The van der Waals surface area contributed by atoms with Crippen molar-refractivity contribution in [2.24, 2.45) is 11.7 Å². The topological polar surface area (TPSA) is 26.0 Å². The molecule has 0 bridgehead atoms. The molecule has 1 unspecified atom stereocenters. The maximum absolute atomic E-state index is 13.0. The van der Waals surface area contributed by atoms with Gasteiger partial charge in [0.05, 0.1) is 0 Å². The van der Waals surface area contributed by atoms with Gasteiger partial charge < -0.3 is 5.73 Å². The Morgan fingerprint density at radius 1 is 1.47 bits per heavy atom. The van der Waals surface area contributed by atoms with Crippen molar-refractivity contribution in [3.05, 3.63) is 34.1 Å². The van der Waals surface area contributed by atoms with Crippen molar-refractivity contribution in [3.63, 3.8) is 0 Å². The highest BCUT2D eigenvalue weighted by Gasteiger charge is 2.22. The van der Waals surface area contributed by atoms with Gasteiger partial charge in [-0.3, -0.25) is 0 Å². The second-order valence-electron chi connectivity index (χ2n) is 4.29. The third-order valence-corrected chi connectivity index (χ3v) is 3.66. The van der Waals surface area contributed by atoms with Crippen LogP contribution in [0.5, 0.6) is 0 Å². The molecular weight excluding hydrogens is 257 g/mol. The van der Waals surface area contributed by atoms with Crippen molar-refractivity contribution in [1.82, 2.24) is 0 Å². The van der Waals surface area contributed by atoms with E-state index >= 15 is 0 Å². The van der Waals surface area contributed by atoms with Crippen molar-refractivity contribution in [2.75, 3.05) is 0 Å². The number of benzene rings is 1. The highest BCUT2D eigenvalue weighted by molar-refractivity contribution is 9.10. The third-order valence-electron chi connectivity index (χ3n) is 2.94. The maximum atomic E-state index is 13.0. The number of hydrogen-bond donors (Lipinski definition) is 1. The van der Waals surface area contributed by atoms with Crippen molar-refractivity contribution < 1.29 is 4.39 Å². The molecule has 1 aliphatic carbocycles. The van der Waals surface area contributed by atoms with E-state index in [4.69, 9.17) is 5.73 Å². The summed E-state index contributed by atoms with van der Waals surface area (Å²) in [5.41, 5.74) is 6.93. The Bertz CT molecular complexity index is 349. The highest BCUT2D eigenvalue weighted by Crippen LogP contribution is 2.36. The van der Waals surface area contributed by atoms with Crippen LogP contribution in [0.25, 0.3) is 0 Å². The molecule has 82 valence electrons. The molecule has 1 nitrogen and oxygen atoms in total. The molecule has 0 amide bonds. The molecule has 0 radical (unpaired) electrons. The zero-order valence-electron chi connectivity index (χ0n) is 8.55. The van der Waals surface area contributed by atoms with Gasteiger partial charge in [-0.15, -0.1) is 0 Å². The summed E-state index contributed by atoms with van der Waals surface area (Å²) in [4.78, 5) is 0. The van der Waals surface area contributed by atoms with E-state index in [1.807, 2.05) is 0 Å². The average molecular weight is 272 g/mol. The van der Waals surface area contributed by atoms with E-state index in [1.165, 1.54) is 31.4 Å². The van der Waals surface area contributed by atoms with Gasteiger partial charge in [0.2, 0.25) is 0 Å². The first-order valence-corrected chi connectivity index (χ1v) is 6.16. The fourth-order valence-electron chi connectivity index (χ4n) is 1.78. The molecule has 1 aromatic carbocycles. The van der Waals surface area contributed by atoms with Gasteiger partial charge in [-0.05, 0) is 42.5 Å². The van der Waals surface area contributed by atoms with Crippen LogP contribution in [-0.2, 0) is 0 Å². The molecule has 15 heavy (non-hydrogen) atoms. The van der Waals surface area contributed by atoms with Crippen molar-refractivity contribution >= 4 is 15.9 Å². The number of hydrogen-bond acceptors (Lipinski definition) is 1. The van der Waals surface area contributed by atoms with Crippen LogP contribution in [0.15, 0.2) is 22.7 Å². The summed E-state index contributed by atoms with van der Waals surface area (Å²) in [5.74, 6) is 0.665. The van der Waals surface area contributed by atoms with Gasteiger partial charge in [0.25, 0.3) is 0 Å². The maximum Gasteiger partial charge on any atom is 0.123 e. The van der Waals surface area contributed by atoms with Gasteiger partial charge >= 0.3 is 0 Å². The minimum absolute atomic E-state index is 0.0457. The van der Waals surface area contributed by atoms with Crippen LogP contribution in [0, 0.1) is 11.7 Å². The van der Waals surface area contributed by atoms with Crippen LogP contribution in [0.4, 0.5) is 4.39 Å². The molecule has 1 aliphatic rings. The Labute approximate surface area is 98.0 Å². The number of nitrogens with two attached hydrogens (primary N) is 1. The van der Waals surface area contributed by atoms with E-state index in [2.05, 4.69) is 15.9 Å². The molecule has 0 aliphatic heterocycles. The fourth-order valence-corrected chi connectivity index (χ4v) is 2.32. The van der Waals surface area contributed by atoms with Gasteiger partial charge in [0.15, 0.2) is 0 Å². The van der Waals surface area contributed by atoms with E-state index in [-0.39, 0.29) is 11.9 Å². The van der Waals surface area contributed by atoms with Crippen LogP contribution in [-0.4, -0.2) is 0 Å². The predicted octanol–water partition coefficient (Wildman–Crippen LogP) is 3.78. The molecule has 0 aromatic heterocycles. The van der Waals surface area contributed by atoms with Crippen LogP contribution in [0.1, 0.15) is 37.3 Å². The lowest BCUT2D eigenvalue weighted by Gasteiger charge is -2.13. The summed E-state index contributed by atoms with van der Waals surface area (Å²) in [6.45, 7) is 0. The third kappa shape index (κ3) is 3.02.